The van der Waals surface area contributed by atoms with Crippen LogP contribution >= 0.6 is 41.1 Å². The minimum absolute atomic E-state index is 0.168. The lowest BCUT2D eigenvalue weighted by molar-refractivity contribution is -0.279. The lowest BCUT2D eigenvalue weighted by atomic mass is 10.0. The standard InChI is InChI=1S/C15H17Cl2O5PS2/c1-4-20-15(25-23-24,14(19)22-21-5-2)8-13(18)10-6-11(16)9(3)12(17)7-10/h6-7H,4-5,8H2,1-3H3. The third kappa shape index (κ3) is 6.14. The first kappa shape index (κ1) is 22.8. The van der Waals surface area contributed by atoms with Crippen LogP contribution < -0.4 is 0 Å². The van der Waals surface area contributed by atoms with Crippen molar-refractivity contribution in [3.05, 3.63) is 33.3 Å². The van der Waals surface area contributed by atoms with Gasteiger partial charge in [0.25, 0.3) is 0 Å². The molecule has 1 aromatic carbocycles. The highest BCUT2D eigenvalue weighted by Gasteiger charge is 2.45. The van der Waals surface area contributed by atoms with E-state index in [0.29, 0.717) is 22.2 Å². The molecule has 0 fully saturated rings. The Bertz CT molecular complexity index is 636. The van der Waals surface area contributed by atoms with E-state index in [1.54, 1.807) is 20.8 Å². The van der Waals surface area contributed by atoms with Crippen molar-refractivity contribution >= 4 is 64.7 Å². The molecule has 0 N–H and O–H groups in total. The molecule has 0 aliphatic carbocycles. The Hall–Kier alpha value is -0.270. The van der Waals surface area contributed by atoms with Gasteiger partial charge in [-0.25, -0.2) is 4.79 Å². The van der Waals surface area contributed by atoms with E-state index in [0.717, 1.165) is 11.4 Å². The van der Waals surface area contributed by atoms with Gasteiger partial charge in [-0.15, -0.1) is 0 Å². The zero-order chi connectivity index (χ0) is 19.0. The highest BCUT2D eigenvalue weighted by molar-refractivity contribution is 8.58. The Kier molecular flexibility index (Phi) is 9.82. The van der Waals surface area contributed by atoms with Gasteiger partial charge in [0.2, 0.25) is 4.93 Å². The predicted molar refractivity (Wildman–Crippen MR) is 104 cm³/mol. The first-order chi connectivity index (χ1) is 11.8. The van der Waals surface area contributed by atoms with Crippen LogP contribution in [-0.4, -0.2) is 29.9 Å². The van der Waals surface area contributed by atoms with Crippen molar-refractivity contribution in [2.24, 2.45) is 0 Å². The van der Waals surface area contributed by atoms with Crippen molar-refractivity contribution < 1.29 is 24.1 Å². The monoisotopic (exact) mass is 442 g/mol. The minimum atomic E-state index is -1.60. The summed E-state index contributed by atoms with van der Waals surface area (Å²) in [5, 5.41) is 0.729. The number of benzene rings is 1. The zero-order valence-corrected chi connectivity index (χ0v) is 17.9. The van der Waals surface area contributed by atoms with Crippen molar-refractivity contribution in [2.75, 3.05) is 13.2 Å². The van der Waals surface area contributed by atoms with Crippen LogP contribution in [0.1, 0.15) is 36.2 Å². The smallest absolute Gasteiger partial charge is 0.353 e. The molecule has 10 heteroatoms. The summed E-state index contributed by atoms with van der Waals surface area (Å²) in [5.41, 5.74) is 0.945. The summed E-state index contributed by atoms with van der Waals surface area (Å²) < 4.78 is 5.55. The number of carbonyl (C=O) groups is 2. The number of ether oxygens (including phenoxy) is 1. The number of halogens is 2. The van der Waals surface area contributed by atoms with Gasteiger partial charge in [0, 0.05) is 28.8 Å². The van der Waals surface area contributed by atoms with E-state index in [4.69, 9.17) is 49.5 Å². The number of hydrogen-bond donors (Lipinski definition) is 0. The van der Waals surface area contributed by atoms with Gasteiger partial charge in [0.15, 0.2) is 5.78 Å². The average molecular weight is 443 g/mol. The van der Waals surface area contributed by atoms with Crippen molar-refractivity contribution in [3.8, 4) is 0 Å². The Morgan fingerprint density at radius 2 is 1.84 bits per heavy atom. The number of carbonyl (C=O) groups excluding carboxylic acids is 2. The maximum atomic E-state index is 12.7. The van der Waals surface area contributed by atoms with Crippen LogP contribution in [0.2, 0.25) is 10.0 Å². The number of hydrogen-bond acceptors (Lipinski definition) is 7. The molecule has 0 aromatic heterocycles. The van der Waals surface area contributed by atoms with Gasteiger partial charge in [-0.1, -0.05) is 23.2 Å². The van der Waals surface area contributed by atoms with Crippen LogP contribution in [-0.2, 0) is 31.1 Å². The molecule has 0 saturated carbocycles. The van der Waals surface area contributed by atoms with Crippen LogP contribution in [0.5, 0.6) is 0 Å². The second kappa shape index (κ2) is 10.8. The summed E-state index contributed by atoms with van der Waals surface area (Å²) in [6, 6.07) is 3.01. The van der Waals surface area contributed by atoms with Crippen molar-refractivity contribution in [1.82, 2.24) is 0 Å². The number of rotatable bonds is 10. The van der Waals surface area contributed by atoms with Crippen molar-refractivity contribution in [3.63, 3.8) is 0 Å². The Morgan fingerprint density at radius 1 is 1.24 bits per heavy atom. The lowest BCUT2D eigenvalue weighted by Gasteiger charge is -2.27. The average Bonchev–Trinajstić information content (AvgIpc) is 2.57. The van der Waals surface area contributed by atoms with Crippen LogP contribution in [0.4, 0.5) is 0 Å². The molecule has 5 nitrogen and oxygen atoms in total. The van der Waals surface area contributed by atoms with Crippen LogP contribution in [0.3, 0.4) is 0 Å². The van der Waals surface area contributed by atoms with E-state index in [1.165, 1.54) is 12.1 Å². The van der Waals surface area contributed by atoms with Crippen LogP contribution in [0.15, 0.2) is 12.1 Å². The van der Waals surface area contributed by atoms with Gasteiger partial charge in [-0.2, -0.15) is 4.89 Å². The first-order valence-corrected chi connectivity index (χ1v) is 11.4. The highest BCUT2D eigenvalue weighted by atomic mass is 35.5. The maximum absolute atomic E-state index is 12.7. The largest absolute Gasteiger partial charge is 0.385 e. The summed E-state index contributed by atoms with van der Waals surface area (Å²) in [7, 11) is 0. The highest BCUT2D eigenvalue weighted by Crippen LogP contribution is 2.41. The molecule has 25 heavy (non-hydrogen) atoms. The Labute approximate surface area is 167 Å². The molecule has 0 spiro atoms. The zero-order valence-electron chi connectivity index (χ0n) is 13.8. The summed E-state index contributed by atoms with van der Waals surface area (Å²) >= 11 is 18.1. The predicted octanol–water partition coefficient (Wildman–Crippen LogP) is 5.16. The second-order valence-electron chi connectivity index (χ2n) is 4.79. The van der Waals surface area contributed by atoms with E-state index in [2.05, 4.69) is 0 Å². The third-order valence-corrected chi connectivity index (χ3v) is 6.48. The molecule has 138 valence electrons. The minimum Gasteiger partial charge on any atom is -0.353 e. The Morgan fingerprint density at radius 3 is 2.32 bits per heavy atom. The van der Waals surface area contributed by atoms with Gasteiger partial charge in [-0.05, 0) is 61.7 Å². The summed E-state index contributed by atoms with van der Waals surface area (Å²) in [5.74, 6) is -1.20. The van der Waals surface area contributed by atoms with Gasteiger partial charge in [-0.3, -0.25) is 9.68 Å². The summed E-state index contributed by atoms with van der Waals surface area (Å²) in [6.07, 6.45) is -0.295. The fourth-order valence-corrected chi connectivity index (χ4v) is 4.97. The summed E-state index contributed by atoms with van der Waals surface area (Å²) in [6.45, 7) is 5.84. The number of Topliss-reactive ketones (excluding diaryl/α,β-unsaturated/α-hetero) is 1. The normalized spacial score (nSPS) is 13.5. The van der Waals surface area contributed by atoms with E-state index in [1.807, 2.05) is 0 Å². The molecule has 0 radical (unpaired) electrons. The third-order valence-electron chi connectivity index (χ3n) is 3.12. The topological polar surface area (TPSA) is 61.8 Å². The van der Waals surface area contributed by atoms with Gasteiger partial charge < -0.3 is 4.74 Å². The molecule has 0 aliphatic heterocycles. The van der Waals surface area contributed by atoms with E-state index in [9.17, 15) is 9.59 Å². The molecule has 0 bridgehead atoms. The fraction of sp³-hybridized carbons (Fsp3) is 0.467. The quantitative estimate of drug-likeness (QED) is 0.163. The molecule has 1 unspecified atom stereocenters. The van der Waals surface area contributed by atoms with Crippen molar-refractivity contribution in [1.29, 1.82) is 0 Å². The van der Waals surface area contributed by atoms with Gasteiger partial charge in [0.1, 0.15) is 0 Å². The molecule has 1 rings (SSSR count). The van der Waals surface area contributed by atoms with Crippen molar-refractivity contribution in [2.45, 2.75) is 32.1 Å². The van der Waals surface area contributed by atoms with Crippen LogP contribution in [0, 0.1) is 6.92 Å². The molecule has 0 saturated heterocycles. The molecular formula is C15H17Cl2O5PS2. The van der Waals surface area contributed by atoms with E-state index in [-0.39, 0.29) is 31.0 Å². The molecule has 0 heterocycles. The first-order valence-electron chi connectivity index (χ1n) is 7.28. The molecular weight excluding hydrogens is 426 g/mol. The molecule has 1 atom stereocenters. The van der Waals surface area contributed by atoms with E-state index >= 15 is 0 Å². The lowest BCUT2D eigenvalue weighted by Crippen LogP contribution is -2.41. The van der Waals surface area contributed by atoms with Gasteiger partial charge in [0.05, 0.1) is 13.0 Å². The van der Waals surface area contributed by atoms with E-state index < -0.39 is 10.9 Å². The Balaban J connectivity index is 3.16. The molecule has 1 aromatic rings. The molecule has 0 amide bonds. The summed E-state index contributed by atoms with van der Waals surface area (Å²) in [4.78, 5) is 32.9. The molecule has 0 aliphatic rings. The fourth-order valence-electron chi connectivity index (χ4n) is 1.87. The SMILES string of the molecule is CCOOC(=O)C(CC(=O)c1cc(Cl)c(C)c(Cl)c1)(OCC)SP=S. The maximum Gasteiger partial charge on any atom is 0.385 e. The number of ketones is 1. The second-order valence-corrected chi connectivity index (χ2v) is 8.94. The van der Waals surface area contributed by atoms with Gasteiger partial charge >= 0.3 is 5.97 Å². The van der Waals surface area contributed by atoms with Crippen LogP contribution in [0.25, 0.3) is 0 Å².